The quantitative estimate of drug-likeness (QED) is 0.631. The maximum absolute atomic E-state index is 6.11. The molecule has 0 bridgehead atoms. The maximum atomic E-state index is 6.11. The van der Waals surface area contributed by atoms with Crippen LogP contribution in [0.1, 0.15) is 27.8 Å². The van der Waals surface area contributed by atoms with Crippen LogP contribution < -0.4 is 0 Å². The third-order valence-electron chi connectivity index (χ3n) is 3.53. The van der Waals surface area contributed by atoms with Crippen molar-refractivity contribution >= 4 is 23.2 Å². The van der Waals surface area contributed by atoms with Gasteiger partial charge in [-0.1, -0.05) is 29.8 Å². The summed E-state index contributed by atoms with van der Waals surface area (Å²) in [6.07, 6.45) is 0. The van der Waals surface area contributed by atoms with Gasteiger partial charge < -0.3 is 0 Å². The van der Waals surface area contributed by atoms with E-state index in [1.807, 2.05) is 0 Å². The Hall–Kier alpha value is -0.980. The molecule has 2 heteroatoms. The van der Waals surface area contributed by atoms with E-state index in [0.717, 1.165) is 0 Å². The van der Waals surface area contributed by atoms with Crippen molar-refractivity contribution in [2.75, 3.05) is 0 Å². The number of aryl methyl sites for hydroxylation is 3. The van der Waals surface area contributed by atoms with Gasteiger partial charge in [-0.3, -0.25) is 0 Å². The van der Waals surface area contributed by atoms with E-state index >= 15 is 0 Å². The maximum Gasteiger partial charge on any atom is 0.0480 e. The van der Waals surface area contributed by atoms with Gasteiger partial charge in [0, 0.05) is 11.8 Å². The van der Waals surface area contributed by atoms with Crippen LogP contribution in [0.2, 0.25) is 0 Å². The number of alkyl halides is 2. The lowest BCUT2D eigenvalue weighted by atomic mass is 9.92. The van der Waals surface area contributed by atoms with E-state index in [1.54, 1.807) is 0 Å². The predicted octanol–water partition coefficient (Wildman–Crippen LogP) is 5.76. The van der Waals surface area contributed by atoms with Crippen LogP contribution in [0.15, 0.2) is 30.3 Å². The number of rotatable bonds is 3. The summed E-state index contributed by atoms with van der Waals surface area (Å²) in [4.78, 5) is 0. The van der Waals surface area contributed by atoms with Crippen molar-refractivity contribution < 1.29 is 0 Å². The number of halogens is 2. The highest BCUT2D eigenvalue weighted by Crippen LogP contribution is 2.31. The molecule has 0 N–H and O–H groups in total. The van der Waals surface area contributed by atoms with E-state index in [4.69, 9.17) is 23.2 Å². The Kier molecular flexibility index (Phi) is 4.54. The molecular weight excluding hydrogens is 275 g/mol. The average Bonchev–Trinajstić information content (AvgIpc) is 2.41. The van der Waals surface area contributed by atoms with E-state index in [9.17, 15) is 0 Å². The minimum atomic E-state index is 0.520. The van der Waals surface area contributed by atoms with Crippen molar-refractivity contribution in [2.24, 2.45) is 0 Å². The first-order chi connectivity index (χ1) is 9.06. The van der Waals surface area contributed by atoms with Gasteiger partial charge in [0.25, 0.3) is 0 Å². The van der Waals surface area contributed by atoms with Crippen molar-refractivity contribution in [2.45, 2.75) is 32.5 Å². The van der Waals surface area contributed by atoms with Crippen LogP contribution in [0.4, 0.5) is 0 Å². The van der Waals surface area contributed by atoms with Gasteiger partial charge in [0.1, 0.15) is 0 Å². The summed E-state index contributed by atoms with van der Waals surface area (Å²) in [7, 11) is 0. The predicted molar refractivity (Wildman–Crippen MR) is 85.2 cm³/mol. The van der Waals surface area contributed by atoms with E-state index in [-0.39, 0.29) is 0 Å². The minimum absolute atomic E-state index is 0.520. The highest BCUT2D eigenvalue weighted by molar-refractivity contribution is 6.18. The molecule has 0 aliphatic rings. The van der Waals surface area contributed by atoms with Gasteiger partial charge in [-0.2, -0.15) is 0 Å². The van der Waals surface area contributed by atoms with E-state index < -0.39 is 0 Å². The highest BCUT2D eigenvalue weighted by atomic mass is 35.5. The molecule has 0 nitrogen and oxygen atoms in total. The molecule has 19 heavy (non-hydrogen) atoms. The third-order valence-corrected chi connectivity index (χ3v) is 4.11. The molecule has 2 aromatic rings. The van der Waals surface area contributed by atoms with Gasteiger partial charge in [0.15, 0.2) is 0 Å². The summed E-state index contributed by atoms with van der Waals surface area (Å²) in [6.45, 7) is 6.33. The molecule has 0 aliphatic heterocycles. The first-order valence-electron chi connectivity index (χ1n) is 6.38. The molecule has 0 saturated heterocycles. The second-order valence-electron chi connectivity index (χ2n) is 5.02. The Morgan fingerprint density at radius 3 is 2.05 bits per heavy atom. The molecule has 0 radical (unpaired) electrons. The third kappa shape index (κ3) is 2.96. The zero-order valence-corrected chi connectivity index (χ0v) is 13.1. The highest BCUT2D eigenvalue weighted by Gasteiger charge is 2.10. The summed E-state index contributed by atoms with van der Waals surface area (Å²) in [6, 6.07) is 10.8. The summed E-state index contributed by atoms with van der Waals surface area (Å²) < 4.78 is 0. The van der Waals surface area contributed by atoms with Crippen molar-refractivity contribution in [3.05, 3.63) is 58.1 Å². The van der Waals surface area contributed by atoms with Gasteiger partial charge in [0.2, 0.25) is 0 Å². The second-order valence-corrected chi connectivity index (χ2v) is 5.56. The van der Waals surface area contributed by atoms with Crippen LogP contribution >= 0.6 is 23.2 Å². The van der Waals surface area contributed by atoms with E-state index in [2.05, 4.69) is 51.1 Å². The van der Waals surface area contributed by atoms with Crippen LogP contribution in [0.5, 0.6) is 0 Å². The van der Waals surface area contributed by atoms with Gasteiger partial charge >= 0.3 is 0 Å². The molecule has 0 saturated carbocycles. The summed E-state index contributed by atoms with van der Waals surface area (Å²) in [5.74, 6) is 1.05. The van der Waals surface area contributed by atoms with Crippen LogP contribution in [0.25, 0.3) is 11.1 Å². The van der Waals surface area contributed by atoms with Crippen LogP contribution in [-0.2, 0) is 11.8 Å². The van der Waals surface area contributed by atoms with Crippen molar-refractivity contribution in [1.29, 1.82) is 0 Å². The smallest absolute Gasteiger partial charge is 0.0480 e. The zero-order chi connectivity index (χ0) is 14.0. The molecule has 0 heterocycles. The Morgan fingerprint density at radius 1 is 0.737 bits per heavy atom. The normalized spacial score (nSPS) is 10.8. The molecule has 0 fully saturated rings. The second kappa shape index (κ2) is 5.98. The first kappa shape index (κ1) is 14.4. The fourth-order valence-electron chi connectivity index (χ4n) is 2.34. The lowest BCUT2D eigenvalue weighted by Gasteiger charge is -2.15. The summed E-state index contributed by atoms with van der Waals surface area (Å²) in [5.41, 5.74) is 8.53. The Bertz CT molecular complexity index is 600. The number of hydrogen-bond acceptors (Lipinski definition) is 0. The minimum Gasteiger partial charge on any atom is -0.122 e. The first-order valence-corrected chi connectivity index (χ1v) is 7.45. The molecule has 0 atom stereocenters. The van der Waals surface area contributed by atoms with Crippen molar-refractivity contribution in [3.8, 4) is 11.1 Å². The Balaban J connectivity index is 2.69. The largest absolute Gasteiger partial charge is 0.122 e. The standard InChI is InChI=1S/C17H18Cl2/c1-11-4-5-12(2)16(6-11)17-8-14(9-18)13(3)7-15(17)10-19/h4-8H,9-10H2,1-3H3. The van der Waals surface area contributed by atoms with Crippen molar-refractivity contribution in [1.82, 2.24) is 0 Å². The molecule has 0 aliphatic carbocycles. The van der Waals surface area contributed by atoms with E-state index in [1.165, 1.54) is 38.9 Å². The topological polar surface area (TPSA) is 0 Å². The van der Waals surface area contributed by atoms with Gasteiger partial charge in [-0.15, -0.1) is 23.2 Å². The lowest BCUT2D eigenvalue weighted by Crippen LogP contribution is -1.95. The number of hydrogen-bond donors (Lipinski definition) is 0. The zero-order valence-electron chi connectivity index (χ0n) is 11.6. The molecule has 0 amide bonds. The summed E-state index contributed by atoms with van der Waals surface area (Å²) >= 11 is 12.1. The van der Waals surface area contributed by atoms with Crippen LogP contribution in [0.3, 0.4) is 0 Å². The SMILES string of the molecule is Cc1ccc(C)c(-c2cc(CCl)c(C)cc2CCl)c1. The fourth-order valence-corrected chi connectivity index (χ4v) is 2.85. The van der Waals surface area contributed by atoms with E-state index in [0.29, 0.717) is 11.8 Å². The molecule has 0 unspecified atom stereocenters. The van der Waals surface area contributed by atoms with Crippen molar-refractivity contribution in [3.63, 3.8) is 0 Å². The average molecular weight is 293 g/mol. The van der Waals surface area contributed by atoms with Gasteiger partial charge in [-0.05, 0) is 60.2 Å². The molecule has 100 valence electrons. The van der Waals surface area contributed by atoms with Gasteiger partial charge in [-0.25, -0.2) is 0 Å². The van der Waals surface area contributed by atoms with Crippen LogP contribution in [-0.4, -0.2) is 0 Å². The monoisotopic (exact) mass is 292 g/mol. The lowest BCUT2D eigenvalue weighted by molar-refractivity contribution is 1.25. The summed E-state index contributed by atoms with van der Waals surface area (Å²) in [5, 5.41) is 0. The Morgan fingerprint density at radius 2 is 1.42 bits per heavy atom. The molecule has 0 spiro atoms. The van der Waals surface area contributed by atoms with Crippen LogP contribution in [0, 0.1) is 20.8 Å². The van der Waals surface area contributed by atoms with Gasteiger partial charge in [0.05, 0.1) is 0 Å². The Labute approximate surface area is 125 Å². The molecule has 0 aromatic heterocycles. The molecule has 2 rings (SSSR count). The fraction of sp³-hybridized carbons (Fsp3) is 0.294. The molecule has 2 aromatic carbocycles. The number of benzene rings is 2. The molecular formula is C17H18Cl2.